The number of nitrogens with one attached hydrogen (secondary N) is 1. The molecule has 4 heteroatoms. The predicted octanol–water partition coefficient (Wildman–Crippen LogP) is 1.36. The molecule has 1 aliphatic heterocycles. The number of likely N-dealkylation sites (N-methyl/N-ethyl adjacent to an activating group) is 1. The van der Waals surface area contributed by atoms with E-state index >= 15 is 0 Å². The molecule has 0 spiro atoms. The van der Waals surface area contributed by atoms with Crippen LogP contribution >= 0.6 is 0 Å². The van der Waals surface area contributed by atoms with Crippen molar-refractivity contribution in [3.63, 3.8) is 0 Å². The third-order valence-electron chi connectivity index (χ3n) is 3.82. The van der Waals surface area contributed by atoms with Crippen LogP contribution in [0.3, 0.4) is 0 Å². The maximum atomic E-state index is 11.8. The van der Waals surface area contributed by atoms with Gasteiger partial charge in [0, 0.05) is 18.3 Å². The number of primary amides is 1. The Balaban J connectivity index is 2.22. The van der Waals surface area contributed by atoms with E-state index in [0.717, 1.165) is 12.1 Å². The van der Waals surface area contributed by atoms with Crippen LogP contribution in [-0.4, -0.2) is 36.0 Å². The van der Waals surface area contributed by atoms with Crippen LogP contribution in [0, 0.1) is 6.92 Å². The van der Waals surface area contributed by atoms with E-state index in [0.29, 0.717) is 12.6 Å². The molecule has 1 aliphatic rings. The van der Waals surface area contributed by atoms with Gasteiger partial charge in [-0.2, -0.15) is 0 Å². The second-order valence-electron chi connectivity index (χ2n) is 5.41. The van der Waals surface area contributed by atoms with Crippen LogP contribution in [0.4, 0.5) is 5.69 Å². The normalized spacial score (nSPS) is 28.3. The van der Waals surface area contributed by atoms with Gasteiger partial charge in [-0.05, 0) is 39.4 Å². The summed E-state index contributed by atoms with van der Waals surface area (Å²) >= 11 is 0. The summed E-state index contributed by atoms with van der Waals surface area (Å²) in [5.74, 6) is -0.278. The highest BCUT2D eigenvalue weighted by atomic mass is 16.1. The van der Waals surface area contributed by atoms with Gasteiger partial charge in [0.05, 0.1) is 0 Å². The molecule has 1 saturated heterocycles. The lowest BCUT2D eigenvalue weighted by molar-refractivity contribution is -0.121. The summed E-state index contributed by atoms with van der Waals surface area (Å²) in [4.78, 5) is 14.0. The van der Waals surface area contributed by atoms with Crippen molar-refractivity contribution in [2.75, 3.05) is 18.9 Å². The van der Waals surface area contributed by atoms with Gasteiger partial charge in [0.1, 0.15) is 5.54 Å². The van der Waals surface area contributed by atoms with Crippen molar-refractivity contribution in [3.05, 3.63) is 29.8 Å². The van der Waals surface area contributed by atoms with Gasteiger partial charge in [0.15, 0.2) is 0 Å². The molecule has 2 unspecified atom stereocenters. The molecule has 2 atom stereocenters. The largest absolute Gasteiger partial charge is 0.370 e. The first kappa shape index (κ1) is 12.9. The van der Waals surface area contributed by atoms with Crippen LogP contribution in [0.15, 0.2) is 24.3 Å². The van der Waals surface area contributed by atoms with Crippen molar-refractivity contribution in [1.82, 2.24) is 4.90 Å². The summed E-state index contributed by atoms with van der Waals surface area (Å²) in [5.41, 5.74) is 7.10. The molecule has 0 aromatic heterocycles. The Morgan fingerprint density at radius 3 is 2.50 bits per heavy atom. The Morgan fingerprint density at radius 1 is 1.44 bits per heavy atom. The molecule has 18 heavy (non-hydrogen) atoms. The molecular formula is C14H21N3O. The highest BCUT2D eigenvalue weighted by molar-refractivity contribution is 5.89. The summed E-state index contributed by atoms with van der Waals surface area (Å²) in [6.07, 6.45) is 0.743. The average molecular weight is 247 g/mol. The Bertz CT molecular complexity index is 431. The number of likely N-dealkylation sites (tertiary alicyclic amines) is 1. The molecular weight excluding hydrogens is 226 g/mol. The molecule has 1 fully saturated rings. The average Bonchev–Trinajstić information content (AvgIpc) is 2.59. The predicted molar refractivity (Wildman–Crippen MR) is 73.4 cm³/mol. The van der Waals surface area contributed by atoms with Crippen LogP contribution in [-0.2, 0) is 4.79 Å². The van der Waals surface area contributed by atoms with Crippen molar-refractivity contribution < 1.29 is 4.79 Å². The van der Waals surface area contributed by atoms with Crippen molar-refractivity contribution in [2.45, 2.75) is 31.8 Å². The standard InChI is InChI=1S/C14H21N3O/c1-10-4-6-12(7-5-10)16-14(13(15)18)8-11(2)17(3)9-14/h4-7,11,16H,8-9H2,1-3H3,(H2,15,18). The van der Waals surface area contributed by atoms with Crippen LogP contribution in [0.5, 0.6) is 0 Å². The van der Waals surface area contributed by atoms with Gasteiger partial charge < -0.3 is 16.0 Å². The van der Waals surface area contributed by atoms with E-state index in [9.17, 15) is 4.79 Å². The summed E-state index contributed by atoms with van der Waals surface area (Å²) in [6, 6.07) is 8.39. The Labute approximate surface area is 108 Å². The first-order valence-electron chi connectivity index (χ1n) is 6.28. The first-order valence-corrected chi connectivity index (χ1v) is 6.28. The number of anilines is 1. The molecule has 0 saturated carbocycles. The number of aryl methyl sites for hydroxylation is 1. The first-order chi connectivity index (χ1) is 8.43. The lowest BCUT2D eigenvalue weighted by Crippen LogP contribution is -2.52. The quantitative estimate of drug-likeness (QED) is 0.848. The number of amides is 1. The fourth-order valence-corrected chi connectivity index (χ4v) is 2.55. The van der Waals surface area contributed by atoms with Gasteiger partial charge in [-0.15, -0.1) is 0 Å². The number of hydrogen-bond acceptors (Lipinski definition) is 3. The highest BCUT2D eigenvalue weighted by Gasteiger charge is 2.45. The number of carbonyl (C=O) groups excluding carboxylic acids is 1. The number of carbonyl (C=O) groups is 1. The van der Waals surface area contributed by atoms with E-state index in [-0.39, 0.29) is 5.91 Å². The maximum Gasteiger partial charge on any atom is 0.244 e. The number of hydrogen-bond donors (Lipinski definition) is 2. The fraction of sp³-hybridized carbons (Fsp3) is 0.500. The molecule has 1 amide bonds. The smallest absolute Gasteiger partial charge is 0.244 e. The Kier molecular flexibility index (Phi) is 3.30. The third-order valence-corrected chi connectivity index (χ3v) is 3.82. The van der Waals surface area contributed by atoms with Gasteiger partial charge in [-0.3, -0.25) is 4.79 Å². The van der Waals surface area contributed by atoms with Crippen LogP contribution < -0.4 is 11.1 Å². The topological polar surface area (TPSA) is 58.4 Å². The Morgan fingerprint density at radius 2 is 2.06 bits per heavy atom. The zero-order valence-corrected chi connectivity index (χ0v) is 11.2. The molecule has 0 radical (unpaired) electrons. The maximum absolute atomic E-state index is 11.8. The van der Waals surface area contributed by atoms with Crippen molar-refractivity contribution in [2.24, 2.45) is 5.73 Å². The monoisotopic (exact) mass is 247 g/mol. The van der Waals surface area contributed by atoms with Gasteiger partial charge in [0.2, 0.25) is 5.91 Å². The zero-order valence-electron chi connectivity index (χ0n) is 11.2. The van der Waals surface area contributed by atoms with Crippen LogP contribution in [0.2, 0.25) is 0 Å². The van der Waals surface area contributed by atoms with E-state index in [2.05, 4.69) is 17.1 Å². The molecule has 1 heterocycles. The number of rotatable bonds is 3. The van der Waals surface area contributed by atoms with Gasteiger partial charge in [0.25, 0.3) is 0 Å². The summed E-state index contributed by atoms with van der Waals surface area (Å²) in [5, 5.41) is 3.33. The molecule has 98 valence electrons. The molecule has 1 aromatic rings. The lowest BCUT2D eigenvalue weighted by atomic mass is 9.95. The van der Waals surface area contributed by atoms with Crippen molar-refractivity contribution in [3.8, 4) is 0 Å². The SMILES string of the molecule is Cc1ccc(NC2(C(N)=O)CC(C)N(C)C2)cc1. The van der Waals surface area contributed by atoms with Crippen molar-refractivity contribution in [1.29, 1.82) is 0 Å². The van der Waals surface area contributed by atoms with Crippen molar-refractivity contribution >= 4 is 11.6 Å². The fourth-order valence-electron chi connectivity index (χ4n) is 2.55. The molecule has 4 nitrogen and oxygen atoms in total. The lowest BCUT2D eigenvalue weighted by Gasteiger charge is -2.28. The number of benzene rings is 1. The number of nitrogens with zero attached hydrogens (tertiary/aromatic N) is 1. The molecule has 0 aliphatic carbocycles. The minimum Gasteiger partial charge on any atom is -0.370 e. The van der Waals surface area contributed by atoms with Gasteiger partial charge in [-0.1, -0.05) is 17.7 Å². The highest BCUT2D eigenvalue weighted by Crippen LogP contribution is 2.29. The van der Waals surface area contributed by atoms with Gasteiger partial charge >= 0.3 is 0 Å². The van der Waals surface area contributed by atoms with E-state index < -0.39 is 5.54 Å². The molecule has 3 N–H and O–H groups in total. The minimum atomic E-state index is -0.649. The van der Waals surface area contributed by atoms with E-state index in [4.69, 9.17) is 5.73 Å². The van der Waals surface area contributed by atoms with E-state index in [1.54, 1.807) is 0 Å². The minimum absolute atomic E-state index is 0.278. The second kappa shape index (κ2) is 4.61. The van der Waals surface area contributed by atoms with Crippen LogP contribution in [0.25, 0.3) is 0 Å². The summed E-state index contributed by atoms with van der Waals surface area (Å²) < 4.78 is 0. The number of nitrogens with two attached hydrogens (primary N) is 1. The second-order valence-corrected chi connectivity index (χ2v) is 5.41. The van der Waals surface area contributed by atoms with Crippen LogP contribution in [0.1, 0.15) is 18.9 Å². The molecule has 2 rings (SSSR count). The van der Waals surface area contributed by atoms with E-state index in [1.807, 2.05) is 38.2 Å². The summed E-state index contributed by atoms with van der Waals surface area (Å²) in [6.45, 7) is 4.80. The summed E-state index contributed by atoms with van der Waals surface area (Å²) in [7, 11) is 2.02. The zero-order chi connectivity index (χ0) is 13.3. The van der Waals surface area contributed by atoms with E-state index in [1.165, 1.54) is 5.56 Å². The molecule has 1 aromatic carbocycles. The Hall–Kier alpha value is -1.55. The van der Waals surface area contributed by atoms with Gasteiger partial charge in [-0.25, -0.2) is 0 Å². The molecule has 0 bridgehead atoms. The third kappa shape index (κ3) is 2.34.